The van der Waals surface area contributed by atoms with Gasteiger partial charge in [-0.15, -0.1) is 0 Å². The molecule has 3 aromatic rings. The highest BCUT2D eigenvalue weighted by molar-refractivity contribution is 7.80. The Kier molecular flexibility index (Phi) is 6.30. The molecule has 2 atom stereocenters. The highest BCUT2D eigenvalue weighted by Gasteiger charge is 2.40. The van der Waals surface area contributed by atoms with Gasteiger partial charge in [0.1, 0.15) is 5.75 Å². The molecule has 0 radical (unpaired) electrons. The molecule has 0 aliphatic carbocycles. The van der Waals surface area contributed by atoms with Crippen molar-refractivity contribution in [1.29, 1.82) is 0 Å². The van der Waals surface area contributed by atoms with Crippen molar-refractivity contribution in [2.24, 2.45) is 0 Å². The topological polar surface area (TPSA) is 51.5 Å². The lowest BCUT2D eigenvalue weighted by Gasteiger charge is -2.29. The van der Waals surface area contributed by atoms with Gasteiger partial charge in [0.25, 0.3) is 0 Å². The van der Waals surface area contributed by atoms with Crippen molar-refractivity contribution in [3.05, 3.63) is 78.4 Å². The summed E-state index contributed by atoms with van der Waals surface area (Å²) in [4.78, 5) is 6.87. The molecule has 30 heavy (non-hydrogen) atoms. The lowest BCUT2D eigenvalue weighted by atomic mass is 10.0. The minimum absolute atomic E-state index is 0.0151. The first-order valence-corrected chi connectivity index (χ1v) is 10.4. The average molecular weight is 423 g/mol. The van der Waals surface area contributed by atoms with Gasteiger partial charge in [0.05, 0.1) is 24.9 Å². The minimum atomic E-state index is -0.0341. The first-order chi connectivity index (χ1) is 14.7. The largest absolute Gasteiger partial charge is 0.497 e. The molecule has 0 spiro atoms. The van der Waals surface area contributed by atoms with Crippen LogP contribution in [-0.2, 0) is 4.74 Å². The molecule has 1 fully saturated rings. The van der Waals surface area contributed by atoms with Crippen molar-refractivity contribution in [2.75, 3.05) is 27.4 Å². The molecule has 4 rings (SSSR count). The van der Waals surface area contributed by atoms with Gasteiger partial charge in [-0.3, -0.25) is 4.98 Å². The lowest BCUT2D eigenvalue weighted by Crippen LogP contribution is -2.32. The number of rotatable bonds is 8. The number of aromatic nitrogens is 2. The normalized spacial score (nSPS) is 18.5. The first-order valence-electron chi connectivity index (χ1n) is 10.0. The van der Waals surface area contributed by atoms with Crippen molar-refractivity contribution in [3.8, 4) is 11.4 Å². The summed E-state index contributed by atoms with van der Waals surface area (Å²) in [5.41, 5.74) is 3.20. The van der Waals surface area contributed by atoms with Crippen molar-refractivity contribution in [3.63, 3.8) is 0 Å². The van der Waals surface area contributed by atoms with Gasteiger partial charge < -0.3 is 24.3 Å². The molecule has 0 amide bonds. The third kappa shape index (κ3) is 4.04. The molecule has 0 unspecified atom stereocenters. The maximum Gasteiger partial charge on any atom is 0.170 e. The Bertz CT molecular complexity index is 974. The van der Waals surface area contributed by atoms with E-state index in [1.54, 1.807) is 14.2 Å². The zero-order valence-electron chi connectivity index (χ0n) is 17.2. The van der Waals surface area contributed by atoms with Crippen LogP contribution in [0.15, 0.2) is 67.0 Å². The Hall–Kier alpha value is -2.90. The zero-order valence-corrected chi connectivity index (χ0v) is 18.0. The minimum Gasteiger partial charge on any atom is -0.497 e. The van der Waals surface area contributed by atoms with E-state index in [0.29, 0.717) is 6.61 Å². The fourth-order valence-corrected chi connectivity index (χ4v) is 4.29. The van der Waals surface area contributed by atoms with Crippen LogP contribution in [-0.4, -0.2) is 46.9 Å². The first kappa shape index (κ1) is 20.4. The second kappa shape index (κ2) is 9.28. The second-order valence-electron chi connectivity index (χ2n) is 7.17. The molecule has 1 aliphatic rings. The fraction of sp³-hybridized carbons (Fsp3) is 0.304. The van der Waals surface area contributed by atoms with E-state index in [9.17, 15) is 0 Å². The smallest absolute Gasteiger partial charge is 0.170 e. The van der Waals surface area contributed by atoms with Crippen LogP contribution in [0.5, 0.6) is 5.75 Å². The van der Waals surface area contributed by atoms with Gasteiger partial charge in [-0.2, -0.15) is 0 Å². The van der Waals surface area contributed by atoms with E-state index in [0.717, 1.165) is 40.9 Å². The summed E-state index contributed by atoms with van der Waals surface area (Å²) in [6, 6.07) is 18.3. The van der Waals surface area contributed by atoms with Crippen LogP contribution < -0.4 is 10.1 Å². The Labute approximate surface area is 182 Å². The molecule has 1 N–H and O–H groups in total. The highest BCUT2D eigenvalue weighted by Crippen LogP contribution is 2.39. The van der Waals surface area contributed by atoms with Gasteiger partial charge in [0.2, 0.25) is 0 Å². The summed E-state index contributed by atoms with van der Waals surface area (Å²) >= 11 is 5.73. The summed E-state index contributed by atoms with van der Waals surface area (Å²) in [5, 5.41) is 4.25. The summed E-state index contributed by atoms with van der Waals surface area (Å²) in [5.74, 6) is 0.837. The van der Waals surface area contributed by atoms with Gasteiger partial charge in [0, 0.05) is 44.0 Å². The molecule has 1 aliphatic heterocycles. The van der Waals surface area contributed by atoms with Gasteiger partial charge in [-0.05, 0) is 67.2 Å². The second-order valence-corrected chi connectivity index (χ2v) is 7.55. The molecule has 7 heteroatoms. The van der Waals surface area contributed by atoms with Crippen LogP contribution >= 0.6 is 12.2 Å². The van der Waals surface area contributed by atoms with Crippen LogP contribution in [0.3, 0.4) is 0 Å². The van der Waals surface area contributed by atoms with Crippen molar-refractivity contribution < 1.29 is 9.47 Å². The van der Waals surface area contributed by atoms with Crippen molar-refractivity contribution >= 4 is 17.3 Å². The van der Waals surface area contributed by atoms with Crippen LogP contribution in [0.1, 0.15) is 29.9 Å². The number of benzene rings is 1. The van der Waals surface area contributed by atoms with E-state index < -0.39 is 0 Å². The Balaban J connectivity index is 1.73. The van der Waals surface area contributed by atoms with Gasteiger partial charge in [-0.25, -0.2) is 0 Å². The maximum absolute atomic E-state index is 5.73. The molecule has 2 aromatic heterocycles. The summed E-state index contributed by atoms with van der Waals surface area (Å²) in [7, 11) is 3.40. The number of thiocarbonyl (C=S) groups is 1. The van der Waals surface area contributed by atoms with Crippen LogP contribution in [0, 0.1) is 0 Å². The predicted molar refractivity (Wildman–Crippen MR) is 121 cm³/mol. The summed E-state index contributed by atoms with van der Waals surface area (Å²) in [6.45, 7) is 1.50. The lowest BCUT2D eigenvalue weighted by molar-refractivity contribution is 0.180. The molecule has 156 valence electrons. The molecule has 1 saturated heterocycles. The third-order valence-corrected chi connectivity index (χ3v) is 5.73. The summed E-state index contributed by atoms with van der Waals surface area (Å²) in [6.07, 6.45) is 4.81. The van der Waals surface area contributed by atoms with Crippen LogP contribution in [0.2, 0.25) is 0 Å². The van der Waals surface area contributed by atoms with E-state index in [2.05, 4.69) is 50.2 Å². The van der Waals surface area contributed by atoms with Crippen molar-refractivity contribution in [1.82, 2.24) is 19.8 Å². The quantitative estimate of drug-likeness (QED) is 0.439. The standard InChI is InChI=1S/C23H26N4O2S/c1-28-16-6-15-27-22(21(25-23(27)30)19-7-3-4-13-24-19)20-8-5-14-26(20)17-9-11-18(29-2)12-10-17/h3-5,7-14,21-22H,6,15-16H2,1-2H3,(H,25,30)/t21-,22+/m1/s1. The number of pyridine rings is 1. The number of hydrogen-bond acceptors (Lipinski definition) is 4. The molecule has 6 nitrogen and oxygen atoms in total. The number of nitrogens with zero attached hydrogens (tertiary/aromatic N) is 3. The Morgan fingerprint density at radius 2 is 1.90 bits per heavy atom. The predicted octanol–water partition coefficient (Wildman–Crippen LogP) is 3.89. The summed E-state index contributed by atoms with van der Waals surface area (Å²) < 4.78 is 12.8. The average Bonchev–Trinajstić information content (AvgIpc) is 3.39. The van der Waals surface area contributed by atoms with E-state index in [1.165, 1.54) is 0 Å². The van der Waals surface area contributed by atoms with E-state index in [1.807, 2.05) is 36.5 Å². The van der Waals surface area contributed by atoms with Gasteiger partial charge in [0.15, 0.2) is 5.11 Å². The maximum atomic E-state index is 5.73. The molecular formula is C23H26N4O2S. The molecular weight excluding hydrogens is 396 g/mol. The molecule has 0 bridgehead atoms. The van der Waals surface area contributed by atoms with Crippen LogP contribution in [0.25, 0.3) is 5.69 Å². The third-order valence-electron chi connectivity index (χ3n) is 5.38. The SMILES string of the molecule is COCCCN1C(=S)N[C@H](c2ccccn2)[C@@H]1c1cccn1-c1ccc(OC)cc1. The zero-order chi connectivity index (χ0) is 20.9. The van der Waals surface area contributed by atoms with Crippen molar-refractivity contribution in [2.45, 2.75) is 18.5 Å². The number of ether oxygens (including phenoxy) is 2. The van der Waals surface area contributed by atoms with E-state index >= 15 is 0 Å². The molecule has 0 saturated carbocycles. The number of hydrogen-bond donors (Lipinski definition) is 1. The van der Waals surface area contributed by atoms with Crippen LogP contribution in [0.4, 0.5) is 0 Å². The molecule has 3 heterocycles. The van der Waals surface area contributed by atoms with E-state index in [4.69, 9.17) is 21.7 Å². The fourth-order valence-electron chi connectivity index (χ4n) is 3.96. The number of nitrogens with one attached hydrogen (secondary N) is 1. The monoisotopic (exact) mass is 422 g/mol. The Morgan fingerprint density at radius 3 is 2.60 bits per heavy atom. The highest BCUT2D eigenvalue weighted by atomic mass is 32.1. The number of methoxy groups -OCH3 is 2. The molecule has 1 aromatic carbocycles. The van der Waals surface area contributed by atoms with E-state index in [-0.39, 0.29) is 12.1 Å². The van der Waals surface area contributed by atoms with Gasteiger partial charge >= 0.3 is 0 Å². The van der Waals surface area contributed by atoms with Gasteiger partial charge in [-0.1, -0.05) is 6.07 Å². The Morgan fingerprint density at radius 1 is 1.07 bits per heavy atom.